The van der Waals surface area contributed by atoms with Gasteiger partial charge in [0.25, 0.3) is 11.6 Å². The third-order valence-corrected chi connectivity index (χ3v) is 4.40. The van der Waals surface area contributed by atoms with Crippen molar-refractivity contribution in [2.24, 2.45) is 0 Å². The molecule has 0 saturated carbocycles. The number of carbonyl (C=O) groups excluding carboxylic acids is 2. The summed E-state index contributed by atoms with van der Waals surface area (Å²) < 4.78 is 0. The van der Waals surface area contributed by atoms with Gasteiger partial charge in [0.2, 0.25) is 0 Å². The first kappa shape index (κ1) is 18.8. The molecule has 1 aliphatic heterocycles. The van der Waals surface area contributed by atoms with Crippen molar-refractivity contribution < 1.29 is 29.5 Å². The molecule has 0 spiro atoms. The maximum absolute atomic E-state index is 12.6. The Morgan fingerprint density at radius 3 is 2.11 bits per heavy atom. The minimum Gasteiger partial charge on any atom is -0.503 e. The van der Waals surface area contributed by atoms with Crippen LogP contribution >= 0.6 is 0 Å². The van der Waals surface area contributed by atoms with Crippen molar-refractivity contribution in [3.63, 3.8) is 0 Å². The molecule has 3 rings (SSSR count). The van der Waals surface area contributed by atoms with Crippen molar-refractivity contribution in [2.75, 3.05) is 4.90 Å². The van der Waals surface area contributed by atoms with Gasteiger partial charge >= 0.3 is 5.97 Å². The molecule has 0 aliphatic carbocycles. The molecule has 1 aliphatic rings. The number of benzene rings is 2. The topological polar surface area (TPSA) is 138 Å². The largest absolute Gasteiger partial charge is 0.503 e. The zero-order valence-corrected chi connectivity index (χ0v) is 14.5. The van der Waals surface area contributed by atoms with Gasteiger partial charge in [0.1, 0.15) is 0 Å². The Hall–Kier alpha value is -4.01. The van der Waals surface area contributed by atoms with Crippen molar-refractivity contribution in [2.45, 2.75) is 13.0 Å². The number of carbonyl (C=O) groups is 3. The Labute approximate surface area is 158 Å². The number of Topliss-reactive ketones (excluding diaryl/α,β-unsaturated/α-hetero) is 1. The fraction of sp³-hybridized carbons (Fsp3) is 0.105. The lowest BCUT2D eigenvalue weighted by molar-refractivity contribution is -0.384. The van der Waals surface area contributed by atoms with Gasteiger partial charge in [0.15, 0.2) is 11.5 Å². The molecule has 28 heavy (non-hydrogen) atoms. The van der Waals surface area contributed by atoms with Gasteiger partial charge in [0, 0.05) is 17.8 Å². The number of aromatic carboxylic acids is 1. The number of nitro benzene ring substituents is 1. The summed E-state index contributed by atoms with van der Waals surface area (Å²) in [5.74, 6) is -3.20. The molecule has 1 heterocycles. The number of nitrogens with zero attached hydrogens (tertiary/aromatic N) is 2. The molecule has 0 radical (unpaired) electrons. The van der Waals surface area contributed by atoms with Crippen LogP contribution in [0.3, 0.4) is 0 Å². The van der Waals surface area contributed by atoms with Crippen LogP contribution in [0.5, 0.6) is 0 Å². The fourth-order valence-electron chi connectivity index (χ4n) is 3.09. The summed E-state index contributed by atoms with van der Waals surface area (Å²) in [5, 5.41) is 30.1. The highest BCUT2D eigenvalue weighted by atomic mass is 16.6. The van der Waals surface area contributed by atoms with E-state index >= 15 is 0 Å². The minimum atomic E-state index is -1.14. The lowest BCUT2D eigenvalue weighted by Crippen LogP contribution is -2.30. The normalized spacial score (nSPS) is 16.4. The number of hydrogen-bond donors (Lipinski definition) is 2. The minimum absolute atomic E-state index is 0.00579. The van der Waals surface area contributed by atoms with Crippen LogP contribution in [0.1, 0.15) is 28.9 Å². The molecule has 2 aromatic rings. The maximum Gasteiger partial charge on any atom is 0.335 e. The van der Waals surface area contributed by atoms with E-state index in [1.54, 1.807) is 0 Å². The second kappa shape index (κ2) is 6.95. The number of aliphatic hydroxyl groups excluding tert-OH is 1. The highest BCUT2D eigenvalue weighted by Crippen LogP contribution is 2.41. The first-order valence-corrected chi connectivity index (χ1v) is 8.07. The lowest BCUT2D eigenvalue weighted by Gasteiger charge is -2.26. The molecule has 142 valence electrons. The van der Waals surface area contributed by atoms with Gasteiger partial charge in [-0.15, -0.1) is 0 Å². The quantitative estimate of drug-likeness (QED) is 0.599. The number of nitro groups is 1. The number of rotatable bonds is 5. The first-order chi connectivity index (χ1) is 13.2. The summed E-state index contributed by atoms with van der Waals surface area (Å²) in [6, 6.07) is 9.62. The van der Waals surface area contributed by atoms with Crippen LogP contribution < -0.4 is 4.90 Å². The van der Waals surface area contributed by atoms with Crippen LogP contribution in [0.25, 0.3) is 0 Å². The SMILES string of the molecule is CC(=O)C1=C(O)C(=O)N(c2ccc(C(=O)O)cc2)[C@@H]1c1ccc([N+](=O)[O-])cc1. The predicted molar refractivity (Wildman–Crippen MR) is 97.1 cm³/mol. The van der Waals surface area contributed by atoms with E-state index in [-0.39, 0.29) is 22.5 Å². The molecule has 2 N–H and O–H groups in total. The number of ketones is 1. The summed E-state index contributed by atoms with van der Waals surface area (Å²) in [7, 11) is 0. The number of carboxylic acids is 1. The molecule has 1 amide bonds. The molecule has 0 aromatic heterocycles. The predicted octanol–water partition coefficient (Wildman–Crippen LogP) is 2.78. The van der Waals surface area contributed by atoms with Crippen LogP contribution in [0.4, 0.5) is 11.4 Å². The Kier molecular flexibility index (Phi) is 4.66. The molecule has 0 bridgehead atoms. The molecule has 0 unspecified atom stereocenters. The fourth-order valence-corrected chi connectivity index (χ4v) is 3.09. The number of carboxylic acid groups (broad SMARTS) is 1. The Bertz CT molecular complexity index is 1020. The van der Waals surface area contributed by atoms with Gasteiger partial charge in [-0.2, -0.15) is 0 Å². The van der Waals surface area contributed by atoms with Gasteiger partial charge in [0.05, 0.1) is 22.1 Å². The summed E-state index contributed by atoms with van der Waals surface area (Å²) in [4.78, 5) is 47.2. The third-order valence-electron chi connectivity index (χ3n) is 4.40. The van der Waals surface area contributed by atoms with E-state index in [1.807, 2.05) is 0 Å². The number of aliphatic hydroxyl groups is 1. The average molecular weight is 382 g/mol. The number of non-ortho nitro benzene ring substituents is 1. The standard InChI is InChI=1S/C19H14N2O7/c1-10(22)15-16(11-2-8-14(9-3-11)21(27)28)20(18(24)17(15)23)13-6-4-12(5-7-13)19(25)26/h2-9,16,23H,1H3,(H,25,26)/t16-/m1/s1. The van der Waals surface area contributed by atoms with Crippen molar-refractivity contribution in [1.82, 2.24) is 0 Å². The highest BCUT2D eigenvalue weighted by Gasteiger charge is 2.43. The average Bonchev–Trinajstić information content (AvgIpc) is 2.93. The molecule has 0 fully saturated rings. The van der Waals surface area contributed by atoms with Crippen LogP contribution in [0.2, 0.25) is 0 Å². The number of hydrogen-bond acceptors (Lipinski definition) is 6. The Balaban J connectivity index is 2.12. The van der Waals surface area contributed by atoms with E-state index in [9.17, 15) is 29.6 Å². The van der Waals surface area contributed by atoms with E-state index in [4.69, 9.17) is 5.11 Å². The molecule has 2 aromatic carbocycles. The van der Waals surface area contributed by atoms with Gasteiger partial charge in [-0.3, -0.25) is 24.6 Å². The van der Waals surface area contributed by atoms with Crippen molar-refractivity contribution >= 4 is 29.0 Å². The third kappa shape index (κ3) is 3.09. The highest BCUT2D eigenvalue weighted by molar-refractivity contribution is 6.16. The second-order valence-electron chi connectivity index (χ2n) is 6.10. The number of amides is 1. The lowest BCUT2D eigenvalue weighted by atomic mass is 9.96. The van der Waals surface area contributed by atoms with Crippen molar-refractivity contribution in [3.8, 4) is 0 Å². The number of anilines is 1. The summed E-state index contributed by atoms with van der Waals surface area (Å²) in [5.41, 5.74) is 0.354. The van der Waals surface area contributed by atoms with E-state index in [0.717, 1.165) is 4.90 Å². The molecule has 0 saturated heterocycles. The van der Waals surface area contributed by atoms with Gasteiger partial charge < -0.3 is 10.2 Å². The van der Waals surface area contributed by atoms with Crippen LogP contribution in [-0.2, 0) is 9.59 Å². The van der Waals surface area contributed by atoms with Gasteiger partial charge in [-0.1, -0.05) is 0 Å². The van der Waals surface area contributed by atoms with Crippen molar-refractivity contribution in [3.05, 3.63) is 81.1 Å². The molecular weight excluding hydrogens is 368 g/mol. The zero-order chi connectivity index (χ0) is 20.6. The molecular formula is C19H14N2O7. The summed E-state index contributed by atoms with van der Waals surface area (Å²) in [6.45, 7) is 1.20. The van der Waals surface area contributed by atoms with E-state index in [1.165, 1.54) is 55.5 Å². The second-order valence-corrected chi connectivity index (χ2v) is 6.10. The first-order valence-electron chi connectivity index (χ1n) is 8.07. The van der Waals surface area contributed by atoms with Crippen LogP contribution in [-0.4, -0.2) is 32.8 Å². The Morgan fingerprint density at radius 1 is 1.07 bits per heavy atom. The van der Waals surface area contributed by atoms with Crippen molar-refractivity contribution in [1.29, 1.82) is 0 Å². The van der Waals surface area contributed by atoms with Gasteiger partial charge in [-0.05, 0) is 48.9 Å². The zero-order valence-electron chi connectivity index (χ0n) is 14.5. The van der Waals surface area contributed by atoms with E-state index in [2.05, 4.69) is 0 Å². The monoisotopic (exact) mass is 382 g/mol. The summed E-state index contributed by atoms with van der Waals surface area (Å²) >= 11 is 0. The maximum atomic E-state index is 12.6. The van der Waals surface area contributed by atoms with E-state index in [0.29, 0.717) is 5.56 Å². The van der Waals surface area contributed by atoms with Crippen LogP contribution in [0.15, 0.2) is 59.9 Å². The molecule has 1 atom stereocenters. The summed E-state index contributed by atoms with van der Waals surface area (Å²) in [6.07, 6.45) is 0. The van der Waals surface area contributed by atoms with E-state index < -0.39 is 34.4 Å². The smallest absolute Gasteiger partial charge is 0.335 e. The molecule has 9 nitrogen and oxygen atoms in total. The molecule has 9 heteroatoms. The van der Waals surface area contributed by atoms with Gasteiger partial charge in [-0.25, -0.2) is 4.79 Å². The van der Waals surface area contributed by atoms with Crippen LogP contribution in [0, 0.1) is 10.1 Å². The Morgan fingerprint density at radius 2 is 1.64 bits per heavy atom.